The van der Waals surface area contributed by atoms with Gasteiger partial charge in [-0.3, -0.25) is 10.4 Å². The van der Waals surface area contributed by atoms with Gasteiger partial charge in [-0.2, -0.15) is 0 Å². The number of hydrogen-bond acceptors (Lipinski definition) is 3. The van der Waals surface area contributed by atoms with E-state index in [-0.39, 0.29) is 0 Å². The van der Waals surface area contributed by atoms with Gasteiger partial charge in [-0.25, -0.2) is 0 Å². The summed E-state index contributed by atoms with van der Waals surface area (Å²) in [5.74, 6) is 0. The third-order valence-electron chi connectivity index (χ3n) is 1.48. The minimum absolute atomic E-state index is 0.907. The maximum absolute atomic E-state index is 3.49. The van der Waals surface area contributed by atoms with E-state index in [0.717, 1.165) is 6.54 Å². The zero-order valence-electron chi connectivity index (χ0n) is 7.52. The van der Waals surface area contributed by atoms with Crippen LogP contribution in [0.25, 0.3) is 0 Å². The lowest BCUT2D eigenvalue weighted by Crippen LogP contribution is -2.29. The highest BCUT2D eigenvalue weighted by molar-refractivity contribution is 9.10. The Labute approximate surface area is 85.7 Å². The van der Waals surface area contributed by atoms with Gasteiger partial charge < -0.3 is 0 Å². The van der Waals surface area contributed by atoms with E-state index >= 15 is 0 Å². The topological polar surface area (TPSA) is 15.3 Å². The fourth-order valence-corrected chi connectivity index (χ4v) is 2.37. The summed E-state index contributed by atoms with van der Waals surface area (Å²) in [6.07, 6.45) is 0. The number of thiophene rings is 1. The van der Waals surface area contributed by atoms with Gasteiger partial charge in [0.1, 0.15) is 0 Å². The first-order chi connectivity index (χ1) is 5.59. The van der Waals surface area contributed by atoms with Gasteiger partial charge in [-0.15, -0.1) is 11.3 Å². The largest absolute Gasteiger partial charge is 0.250 e. The fraction of sp³-hybridized carbons (Fsp3) is 0.500. The Morgan fingerprint density at radius 2 is 2.25 bits per heavy atom. The minimum Gasteiger partial charge on any atom is -0.250 e. The second-order valence-corrected chi connectivity index (χ2v) is 5.04. The number of aryl methyl sites for hydroxylation is 1. The molecule has 12 heavy (non-hydrogen) atoms. The highest BCUT2D eigenvalue weighted by Crippen LogP contribution is 2.25. The van der Waals surface area contributed by atoms with Crippen LogP contribution in [0.1, 0.15) is 9.75 Å². The van der Waals surface area contributed by atoms with Crippen molar-refractivity contribution in [2.45, 2.75) is 13.5 Å². The first-order valence-electron chi connectivity index (χ1n) is 3.75. The van der Waals surface area contributed by atoms with Crippen molar-refractivity contribution in [1.82, 2.24) is 10.4 Å². The van der Waals surface area contributed by atoms with E-state index in [9.17, 15) is 0 Å². The van der Waals surface area contributed by atoms with E-state index in [1.54, 1.807) is 0 Å². The lowest BCUT2D eigenvalue weighted by molar-refractivity contribution is 0.287. The van der Waals surface area contributed by atoms with Crippen LogP contribution in [0.2, 0.25) is 0 Å². The summed E-state index contributed by atoms with van der Waals surface area (Å²) in [6, 6.07) is 2.16. The monoisotopic (exact) mass is 248 g/mol. The van der Waals surface area contributed by atoms with Crippen LogP contribution in [0.4, 0.5) is 0 Å². The second-order valence-electron chi connectivity index (χ2n) is 2.85. The Morgan fingerprint density at radius 3 is 2.67 bits per heavy atom. The van der Waals surface area contributed by atoms with E-state index in [0.29, 0.717) is 0 Å². The molecule has 0 unspecified atom stereocenters. The molecule has 1 heterocycles. The average molecular weight is 249 g/mol. The first kappa shape index (κ1) is 10.2. The van der Waals surface area contributed by atoms with Gasteiger partial charge in [0.05, 0.1) is 0 Å². The molecule has 1 aromatic heterocycles. The number of nitrogens with one attached hydrogen (secondary N) is 1. The van der Waals surface area contributed by atoms with Crippen LogP contribution < -0.4 is 5.43 Å². The van der Waals surface area contributed by atoms with Gasteiger partial charge in [0.2, 0.25) is 0 Å². The van der Waals surface area contributed by atoms with Crippen molar-refractivity contribution in [3.05, 3.63) is 20.3 Å². The predicted octanol–water partition coefficient (Wildman–Crippen LogP) is 2.39. The quantitative estimate of drug-likeness (QED) is 0.827. The highest BCUT2D eigenvalue weighted by Gasteiger charge is 2.01. The van der Waals surface area contributed by atoms with E-state index in [2.05, 4.69) is 34.3 Å². The van der Waals surface area contributed by atoms with Crippen LogP contribution in [-0.4, -0.2) is 19.1 Å². The first-order valence-corrected chi connectivity index (χ1v) is 5.36. The van der Waals surface area contributed by atoms with Crippen LogP contribution in [-0.2, 0) is 6.54 Å². The van der Waals surface area contributed by atoms with Gasteiger partial charge in [-0.05, 0) is 28.9 Å². The van der Waals surface area contributed by atoms with Crippen molar-refractivity contribution >= 4 is 27.3 Å². The molecule has 0 saturated carbocycles. The van der Waals surface area contributed by atoms with Crippen LogP contribution >= 0.6 is 27.3 Å². The molecule has 0 fully saturated rings. The van der Waals surface area contributed by atoms with Crippen LogP contribution in [0, 0.1) is 6.92 Å². The minimum atomic E-state index is 0.907. The summed E-state index contributed by atoms with van der Waals surface area (Å²) >= 11 is 5.31. The molecule has 0 aliphatic carbocycles. The Bertz CT molecular complexity index is 238. The summed E-state index contributed by atoms with van der Waals surface area (Å²) in [7, 11) is 3.99. The molecule has 0 atom stereocenters. The molecule has 0 aliphatic rings. The molecule has 0 aliphatic heterocycles. The molecule has 68 valence electrons. The SMILES string of the molecule is Cc1sc(CNN(C)C)cc1Br. The number of hydrazine groups is 1. The maximum Gasteiger partial charge on any atom is 0.0447 e. The Hall–Kier alpha value is 0.100. The zero-order valence-corrected chi connectivity index (χ0v) is 9.92. The maximum atomic E-state index is 3.49. The molecule has 4 heteroatoms. The average Bonchev–Trinajstić information content (AvgIpc) is 2.28. The van der Waals surface area contributed by atoms with Gasteiger partial charge in [0.15, 0.2) is 0 Å². The summed E-state index contributed by atoms with van der Waals surface area (Å²) in [6.45, 7) is 3.03. The molecule has 0 radical (unpaired) electrons. The molecule has 0 spiro atoms. The summed E-state index contributed by atoms with van der Waals surface area (Å²) in [4.78, 5) is 2.69. The molecule has 1 rings (SSSR count). The fourth-order valence-electron chi connectivity index (χ4n) is 0.841. The molecule has 2 nitrogen and oxygen atoms in total. The Balaban J connectivity index is 2.53. The van der Waals surface area contributed by atoms with Gasteiger partial charge in [0, 0.05) is 34.9 Å². The molecular weight excluding hydrogens is 236 g/mol. The normalized spacial score (nSPS) is 11.1. The van der Waals surface area contributed by atoms with Crippen LogP contribution in [0.3, 0.4) is 0 Å². The van der Waals surface area contributed by atoms with E-state index in [1.807, 2.05) is 30.4 Å². The Kier molecular flexibility index (Phi) is 3.71. The summed E-state index contributed by atoms with van der Waals surface area (Å²) < 4.78 is 1.21. The van der Waals surface area contributed by atoms with Crippen molar-refractivity contribution in [2.75, 3.05) is 14.1 Å². The molecule has 1 aromatic rings. The number of nitrogens with zero attached hydrogens (tertiary/aromatic N) is 1. The van der Waals surface area contributed by atoms with Gasteiger partial charge >= 0.3 is 0 Å². The third kappa shape index (κ3) is 2.86. The molecule has 0 saturated heterocycles. The van der Waals surface area contributed by atoms with Gasteiger partial charge in [0.25, 0.3) is 0 Å². The molecule has 0 aromatic carbocycles. The number of halogens is 1. The lowest BCUT2D eigenvalue weighted by Gasteiger charge is -2.09. The Morgan fingerprint density at radius 1 is 1.58 bits per heavy atom. The lowest BCUT2D eigenvalue weighted by atomic mass is 10.4. The van der Waals surface area contributed by atoms with Crippen molar-refractivity contribution in [2.24, 2.45) is 0 Å². The third-order valence-corrected chi connectivity index (χ3v) is 3.61. The van der Waals surface area contributed by atoms with E-state index < -0.39 is 0 Å². The standard InChI is InChI=1S/C8H13BrN2S/c1-6-8(9)4-7(12-6)5-10-11(2)3/h4,10H,5H2,1-3H3. The smallest absolute Gasteiger partial charge is 0.0447 e. The van der Waals surface area contributed by atoms with Crippen LogP contribution in [0.5, 0.6) is 0 Å². The van der Waals surface area contributed by atoms with E-state index in [4.69, 9.17) is 0 Å². The zero-order chi connectivity index (χ0) is 9.14. The van der Waals surface area contributed by atoms with Crippen molar-refractivity contribution in [1.29, 1.82) is 0 Å². The molecule has 1 N–H and O–H groups in total. The van der Waals surface area contributed by atoms with Crippen molar-refractivity contribution in [3.63, 3.8) is 0 Å². The van der Waals surface area contributed by atoms with Crippen molar-refractivity contribution in [3.8, 4) is 0 Å². The highest BCUT2D eigenvalue weighted by atomic mass is 79.9. The predicted molar refractivity (Wildman–Crippen MR) is 57.3 cm³/mol. The molecule has 0 amide bonds. The second kappa shape index (κ2) is 4.37. The molecular formula is C8H13BrN2S. The number of rotatable bonds is 3. The van der Waals surface area contributed by atoms with Crippen LogP contribution in [0.15, 0.2) is 10.5 Å². The van der Waals surface area contributed by atoms with E-state index in [1.165, 1.54) is 14.2 Å². The number of hydrogen-bond donors (Lipinski definition) is 1. The summed E-state index contributed by atoms with van der Waals surface area (Å²) in [5, 5.41) is 1.96. The summed E-state index contributed by atoms with van der Waals surface area (Å²) in [5.41, 5.74) is 3.23. The molecule has 0 bridgehead atoms. The van der Waals surface area contributed by atoms with Crippen molar-refractivity contribution < 1.29 is 0 Å². The van der Waals surface area contributed by atoms with Gasteiger partial charge in [-0.1, -0.05) is 0 Å².